The Bertz CT molecular complexity index is 1400. The largest absolute Gasteiger partial charge is 0.487 e. The number of hydrogen-bond acceptors (Lipinski definition) is 6. The van der Waals surface area contributed by atoms with E-state index in [0.717, 1.165) is 9.13 Å². The first-order chi connectivity index (χ1) is 18.3. The van der Waals surface area contributed by atoms with E-state index in [-0.39, 0.29) is 12.3 Å². The average molecular weight is 686 g/mol. The number of non-ortho nitro benzene ring substituents is 1. The Morgan fingerprint density at radius 1 is 1.03 bits per heavy atom. The maximum Gasteiger partial charge on any atom is 0.281 e. The van der Waals surface area contributed by atoms with Crippen molar-refractivity contribution in [1.29, 1.82) is 0 Å². The zero-order valence-corrected chi connectivity index (χ0v) is 23.5. The number of aliphatic hydroxyl groups is 1. The zero-order valence-electron chi connectivity index (χ0n) is 19.8. The van der Waals surface area contributed by atoms with Gasteiger partial charge in [-0.3, -0.25) is 14.9 Å². The number of hydrazone groups is 1. The van der Waals surface area contributed by atoms with Crippen molar-refractivity contribution >= 4 is 56.3 Å². The highest BCUT2D eigenvalue weighted by Crippen LogP contribution is 2.33. The van der Waals surface area contributed by atoms with Crippen molar-refractivity contribution in [2.45, 2.75) is 12.2 Å². The SMILES string of the molecule is O=C(N/N=C/c1cc(Br)c(OCc2ccc([N+](=O)[O-])cc2)c(I)c1)C(O)(c1ccccc1)c1ccccc1. The molecule has 0 bridgehead atoms. The Kier molecular flexibility index (Phi) is 8.87. The molecule has 0 saturated heterocycles. The van der Waals surface area contributed by atoms with Crippen LogP contribution in [0.3, 0.4) is 0 Å². The van der Waals surface area contributed by atoms with Gasteiger partial charge in [-0.1, -0.05) is 60.7 Å². The minimum Gasteiger partial charge on any atom is -0.487 e. The Morgan fingerprint density at radius 2 is 1.61 bits per heavy atom. The minimum absolute atomic E-state index is 0.0196. The second-order valence-corrected chi connectivity index (χ2v) is 10.2. The summed E-state index contributed by atoms with van der Waals surface area (Å²) in [6.45, 7) is 0.230. The van der Waals surface area contributed by atoms with Crippen LogP contribution in [0.4, 0.5) is 5.69 Å². The second kappa shape index (κ2) is 12.3. The molecule has 0 aliphatic rings. The molecule has 4 aromatic carbocycles. The van der Waals surface area contributed by atoms with Crippen LogP contribution >= 0.6 is 38.5 Å². The van der Waals surface area contributed by atoms with Crippen LogP contribution in [0.5, 0.6) is 5.75 Å². The Labute approximate surface area is 240 Å². The molecule has 0 aromatic heterocycles. The van der Waals surface area contributed by atoms with Crippen LogP contribution in [-0.2, 0) is 17.0 Å². The molecule has 2 N–H and O–H groups in total. The van der Waals surface area contributed by atoms with Crippen LogP contribution in [-0.4, -0.2) is 22.2 Å². The van der Waals surface area contributed by atoms with E-state index >= 15 is 0 Å². The maximum atomic E-state index is 13.2. The summed E-state index contributed by atoms with van der Waals surface area (Å²) in [7, 11) is 0. The van der Waals surface area contributed by atoms with Crippen molar-refractivity contribution < 1.29 is 19.6 Å². The average Bonchev–Trinajstić information content (AvgIpc) is 2.93. The van der Waals surface area contributed by atoms with E-state index in [9.17, 15) is 20.0 Å². The molecular weight excluding hydrogens is 665 g/mol. The summed E-state index contributed by atoms with van der Waals surface area (Å²) in [6.07, 6.45) is 1.47. The third kappa shape index (κ3) is 6.26. The molecule has 1 amide bonds. The van der Waals surface area contributed by atoms with E-state index in [1.807, 2.05) is 18.2 Å². The fraction of sp³-hybridized carbons (Fsp3) is 0.0714. The van der Waals surface area contributed by atoms with Gasteiger partial charge >= 0.3 is 0 Å². The van der Waals surface area contributed by atoms with Crippen molar-refractivity contribution in [2.75, 3.05) is 0 Å². The van der Waals surface area contributed by atoms with Gasteiger partial charge in [0, 0.05) is 12.1 Å². The minimum atomic E-state index is -1.93. The van der Waals surface area contributed by atoms with Gasteiger partial charge in [-0.25, -0.2) is 5.43 Å². The topological polar surface area (TPSA) is 114 Å². The third-order valence-corrected chi connectivity index (χ3v) is 7.03. The molecule has 4 rings (SSSR count). The van der Waals surface area contributed by atoms with E-state index in [1.54, 1.807) is 66.7 Å². The van der Waals surface area contributed by atoms with E-state index in [1.165, 1.54) is 18.3 Å². The summed E-state index contributed by atoms with van der Waals surface area (Å²) in [5.41, 5.74) is 2.88. The lowest BCUT2D eigenvalue weighted by molar-refractivity contribution is -0.384. The highest BCUT2D eigenvalue weighted by Gasteiger charge is 2.39. The Morgan fingerprint density at radius 3 is 2.13 bits per heavy atom. The number of nitro groups is 1. The summed E-state index contributed by atoms with van der Waals surface area (Å²) in [6, 6.07) is 27.1. The normalized spacial score (nSPS) is 11.3. The van der Waals surface area contributed by atoms with Crippen LogP contribution in [0.1, 0.15) is 22.3 Å². The van der Waals surface area contributed by atoms with E-state index in [2.05, 4.69) is 49.0 Å². The summed E-state index contributed by atoms with van der Waals surface area (Å²) in [4.78, 5) is 23.6. The molecular formula is C28H21BrIN3O5. The van der Waals surface area contributed by atoms with Crippen molar-refractivity contribution in [3.05, 3.63) is 137 Å². The van der Waals surface area contributed by atoms with Crippen molar-refractivity contribution in [2.24, 2.45) is 5.10 Å². The number of nitrogens with one attached hydrogen (secondary N) is 1. The summed E-state index contributed by atoms with van der Waals surface area (Å²) in [5.74, 6) is -0.0874. The molecule has 0 saturated carbocycles. The van der Waals surface area contributed by atoms with Gasteiger partial charge in [0.1, 0.15) is 12.4 Å². The van der Waals surface area contributed by atoms with Gasteiger partial charge in [-0.2, -0.15) is 5.10 Å². The molecule has 4 aromatic rings. The van der Waals surface area contributed by atoms with Gasteiger partial charge in [0.05, 0.1) is 19.2 Å². The summed E-state index contributed by atoms with van der Waals surface area (Å²) < 4.78 is 7.38. The van der Waals surface area contributed by atoms with Gasteiger partial charge in [0.15, 0.2) is 5.60 Å². The molecule has 38 heavy (non-hydrogen) atoms. The van der Waals surface area contributed by atoms with Gasteiger partial charge < -0.3 is 9.84 Å². The number of rotatable bonds is 9. The van der Waals surface area contributed by atoms with E-state index < -0.39 is 16.4 Å². The lowest BCUT2D eigenvalue weighted by atomic mass is 9.85. The smallest absolute Gasteiger partial charge is 0.281 e. The fourth-order valence-corrected chi connectivity index (χ4v) is 5.46. The predicted octanol–water partition coefficient (Wildman–Crippen LogP) is 5.93. The van der Waals surface area contributed by atoms with Crippen molar-refractivity contribution in [3.63, 3.8) is 0 Å². The van der Waals surface area contributed by atoms with Crippen molar-refractivity contribution in [1.82, 2.24) is 5.43 Å². The standard InChI is InChI=1S/C28H21BrIN3O5/c29-24-15-20(16-25(30)26(24)38-18-19-11-13-23(14-12-19)33(36)37)17-31-32-27(34)28(35,21-7-3-1-4-8-21)22-9-5-2-6-10-22/h1-17,35H,18H2,(H,32,34)/b31-17+. The molecule has 0 radical (unpaired) electrons. The van der Waals surface area contributed by atoms with Crippen molar-refractivity contribution in [3.8, 4) is 5.75 Å². The van der Waals surface area contributed by atoms with Gasteiger partial charge in [-0.15, -0.1) is 0 Å². The van der Waals surface area contributed by atoms with Crippen LogP contribution in [0.2, 0.25) is 0 Å². The van der Waals surface area contributed by atoms with Gasteiger partial charge in [0.25, 0.3) is 11.6 Å². The molecule has 0 atom stereocenters. The third-order valence-electron chi connectivity index (χ3n) is 5.64. The highest BCUT2D eigenvalue weighted by molar-refractivity contribution is 14.1. The molecule has 10 heteroatoms. The molecule has 0 aliphatic heterocycles. The highest BCUT2D eigenvalue weighted by atomic mass is 127. The molecule has 192 valence electrons. The molecule has 8 nitrogen and oxygen atoms in total. The maximum absolute atomic E-state index is 13.2. The van der Waals surface area contributed by atoms with Crippen LogP contribution in [0, 0.1) is 13.7 Å². The monoisotopic (exact) mass is 685 g/mol. The number of ether oxygens (including phenoxy) is 1. The van der Waals surface area contributed by atoms with E-state index in [0.29, 0.717) is 26.9 Å². The molecule has 0 heterocycles. The summed E-state index contributed by atoms with van der Waals surface area (Å²) >= 11 is 5.64. The number of carbonyl (C=O) groups is 1. The van der Waals surface area contributed by atoms with Crippen LogP contribution < -0.4 is 10.2 Å². The lowest BCUT2D eigenvalue weighted by Crippen LogP contribution is -2.43. The predicted molar refractivity (Wildman–Crippen MR) is 156 cm³/mol. The number of amides is 1. The first kappa shape index (κ1) is 27.4. The Hall–Kier alpha value is -3.61. The molecule has 0 spiro atoms. The number of halogens is 2. The molecule has 0 fully saturated rings. The van der Waals surface area contributed by atoms with Crippen LogP contribution in [0.25, 0.3) is 0 Å². The van der Waals surface area contributed by atoms with Crippen LogP contribution in [0.15, 0.2) is 107 Å². The second-order valence-electron chi connectivity index (χ2n) is 8.17. The first-order valence-corrected chi connectivity index (χ1v) is 13.2. The number of hydrogen-bond donors (Lipinski definition) is 2. The first-order valence-electron chi connectivity index (χ1n) is 11.3. The number of nitrogens with zero attached hydrogens (tertiary/aromatic N) is 2. The zero-order chi connectivity index (χ0) is 27.1. The molecule has 0 aliphatic carbocycles. The lowest BCUT2D eigenvalue weighted by Gasteiger charge is -2.27. The van der Waals surface area contributed by atoms with E-state index in [4.69, 9.17) is 4.74 Å². The summed E-state index contributed by atoms with van der Waals surface area (Å²) in [5, 5.41) is 26.4. The molecule has 0 unspecified atom stereocenters. The van der Waals surface area contributed by atoms with Gasteiger partial charge in [-0.05, 0) is 85.0 Å². The number of carbonyl (C=O) groups excluding carboxylic acids is 1. The fourth-order valence-electron chi connectivity index (χ4n) is 3.70. The number of benzene rings is 4. The van der Waals surface area contributed by atoms with Gasteiger partial charge in [0.2, 0.25) is 0 Å². The quantitative estimate of drug-likeness (QED) is 0.0982. The number of nitro benzene ring substituents is 1. The Balaban J connectivity index is 1.47.